The van der Waals surface area contributed by atoms with Crippen LogP contribution in [0.25, 0.3) is 16.3 Å². The molecule has 0 saturated heterocycles. The number of para-hydroxylation sites is 1. The lowest BCUT2D eigenvalue weighted by atomic mass is 10.2. The lowest BCUT2D eigenvalue weighted by Crippen LogP contribution is -2.12. The first-order valence-corrected chi connectivity index (χ1v) is 8.45. The van der Waals surface area contributed by atoms with Gasteiger partial charge in [0.2, 0.25) is 0 Å². The van der Waals surface area contributed by atoms with Crippen molar-refractivity contribution in [3.05, 3.63) is 69.0 Å². The molecular formula is C18H15N3O4S. The summed E-state index contributed by atoms with van der Waals surface area (Å²) in [5, 5.41) is 10.8. The summed E-state index contributed by atoms with van der Waals surface area (Å²) in [6.07, 6.45) is 2.80. The van der Waals surface area contributed by atoms with Crippen LogP contribution in [0.5, 0.6) is 5.75 Å². The fraction of sp³-hybridized carbons (Fsp3) is 0.111. The van der Waals surface area contributed by atoms with Crippen molar-refractivity contribution in [2.24, 2.45) is 12.0 Å². The zero-order chi connectivity index (χ0) is 18.7. The van der Waals surface area contributed by atoms with E-state index in [2.05, 4.69) is 4.99 Å². The third-order valence-electron chi connectivity index (χ3n) is 3.71. The largest absolute Gasteiger partial charge is 0.495 e. The minimum Gasteiger partial charge on any atom is -0.495 e. The lowest BCUT2D eigenvalue weighted by Gasteiger charge is -2.02. The monoisotopic (exact) mass is 369 g/mol. The Hall–Kier alpha value is -3.26. The van der Waals surface area contributed by atoms with E-state index in [9.17, 15) is 14.9 Å². The maximum atomic E-state index is 12.2. The topological polar surface area (TPSA) is 86.7 Å². The predicted molar refractivity (Wildman–Crippen MR) is 100 cm³/mol. The predicted octanol–water partition coefficient (Wildman–Crippen LogP) is 3.30. The number of fused-ring (bicyclic) bond motifs is 1. The van der Waals surface area contributed by atoms with Gasteiger partial charge in [0.1, 0.15) is 11.3 Å². The molecule has 0 spiro atoms. The van der Waals surface area contributed by atoms with Gasteiger partial charge < -0.3 is 9.30 Å². The van der Waals surface area contributed by atoms with E-state index in [4.69, 9.17) is 4.74 Å². The van der Waals surface area contributed by atoms with Crippen LogP contribution in [0.1, 0.15) is 5.56 Å². The zero-order valence-corrected chi connectivity index (χ0v) is 14.9. The highest BCUT2D eigenvalue weighted by molar-refractivity contribution is 7.16. The number of rotatable bonds is 4. The SMILES string of the molecule is COc1cccc2sc(=NC(=O)/C=C/c3cccc([N+](=O)[O-])c3)n(C)c12. The van der Waals surface area contributed by atoms with Crippen LogP contribution in [0, 0.1) is 10.1 Å². The number of nitro benzene ring substituents is 1. The van der Waals surface area contributed by atoms with E-state index in [0.29, 0.717) is 16.1 Å². The van der Waals surface area contributed by atoms with Gasteiger partial charge in [-0.05, 0) is 23.8 Å². The van der Waals surface area contributed by atoms with Gasteiger partial charge in [0.05, 0.1) is 16.7 Å². The van der Waals surface area contributed by atoms with Gasteiger partial charge in [-0.25, -0.2) is 0 Å². The molecule has 2 aromatic carbocycles. The number of ether oxygens (including phenoxy) is 1. The van der Waals surface area contributed by atoms with Crippen molar-refractivity contribution in [2.75, 3.05) is 7.11 Å². The summed E-state index contributed by atoms with van der Waals surface area (Å²) in [7, 11) is 3.41. The Morgan fingerprint density at radius 3 is 2.81 bits per heavy atom. The fourth-order valence-corrected chi connectivity index (χ4v) is 3.52. The number of benzene rings is 2. The van der Waals surface area contributed by atoms with Crippen LogP contribution in [0.4, 0.5) is 5.69 Å². The Balaban J connectivity index is 1.92. The molecule has 1 aromatic heterocycles. The first-order chi connectivity index (χ1) is 12.5. The number of amides is 1. The molecule has 26 heavy (non-hydrogen) atoms. The van der Waals surface area contributed by atoms with Crippen molar-refractivity contribution in [3.8, 4) is 5.75 Å². The normalized spacial score (nSPS) is 12.0. The van der Waals surface area contributed by atoms with Crippen LogP contribution in [0.15, 0.2) is 53.5 Å². The minimum atomic E-state index is -0.478. The molecule has 132 valence electrons. The second kappa shape index (κ2) is 7.32. The van der Waals surface area contributed by atoms with Crippen molar-refractivity contribution in [3.63, 3.8) is 0 Å². The Morgan fingerprint density at radius 1 is 1.31 bits per heavy atom. The summed E-state index contributed by atoms with van der Waals surface area (Å²) >= 11 is 1.38. The highest BCUT2D eigenvalue weighted by Gasteiger charge is 2.09. The number of carbonyl (C=O) groups excluding carboxylic acids is 1. The smallest absolute Gasteiger partial charge is 0.272 e. The molecule has 8 heteroatoms. The van der Waals surface area contributed by atoms with Crippen molar-refractivity contribution in [1.29, 1.82) is 0 Å². The molecule has 3 aromatic rings. The molecule has 0 unspecified atom stereocenters. The fourth-order valence-electron chi connectivity index (χ4n) is 2.48. The standard InChI is InChI=1S/C18H15N3O4S/c1-20-17-14(25-2)7-4-8-15(17)26-18(20)19-16(22)10-9-12-5-3-6-13(11-12)21(23)24/h3-11H,1-2H3/b10-9+,19-18?. The Morgan fingerprint density at radius 2 is 2.08 bits per heavy atom. The number of carbonyl (C=O) groups is 1. The van der Waals surface area contributed by atoms with Gasteiger partial charge in [-0.3, -0.25) is 14.9 Å². The third-order valence-corrected chi connectivity index (χ3v) is 4.81. The number of aryl methyl sites for hydroxylation is 1. The first-order valence-electron chi connectivity index (χ1n) is 7.63. The highest BCUT2D eigenvalue weighted by atomic mass is 32.1. The maximum absolute atomic E-state index is 12.2. The van der Waals surface area contributed by atoms with Gasteiger partial charge in [-0.1, -0.05) is 29.5 Å². The summed E-state index contributed by atoms with van der Waals surface area (Å²) in [4.78, 5) is 27.1. The van der Waals surface area contributed by atoms with E-state index in [1.165, 1.54) is 35.6 Å². The molecule has 0 N–H and O–H groups in total. The summed E-state index contributed by atoms with van der Waals surface area (Å²) in [6, 6.07) is 11.7. The van der Waals surface area contributed by atoms with Gasteiger partial charge in [0.25, 0.3) is 11.6 Å². The van der Waals surface area contributed by atoms with Crippen molar-refractivity contribution in [2.45, 2.75) is 0 Å². The number of aromatic nitrogens is 1. The van der Waals surface area contributed by atoms with Gasteiger partial charge in [0, 0.05) is 25.3 Å². The van der Waals surface area contributed by atoms with Crippen LogP contribution in [-0.4, -0.2) is 22.5 Å². The molecule has 0 fully saturated rings. The number of hydrogen-bond donors (Lipinski definition) is 0. The van der Waals surface area contributed by atoms with Gasteiger partial charge in [-0.15, -0.1) is 0 Å². The Labute approximate surface area is 152 Å². The van der Waals surface area contributed by atoms with E-state index < -0.39 is 10.8 Å². The molecule has 1 heterocycles. The molecule has 7 nitrogen and oxygen atoms in total. The van der Waals surface area contributed by atoms with E-state index in [-0.39, 0.29) is 5.69 Å². The molecule has 0 aliphatic carbocycles. The zero-order valence-electron chi connectivity index (χ0n) is 14.1. The lowest BCUT2D eigenvalue weighted by molar-refractivity contribution is -0.384. The molecule has 3 rings (SSSR count). The highest BCUT2D eigenvalue weighted by Crippen LogP contribution is 2.26. The van der Waals surface area contributed by atoms with Gasteiger partial charge in [-0.2, -0.15) is 4.99 Å². The van der Waals surface area contributed by atoms with Crippen molar-refractivity contribution in [1.82, 2.24) is 4.57 Å². The molecule has 0 bridgehead atoms. The third kappa shape index (κ3) is 3.55. The van der Waals surface area contributed by atoms with Crippen molar-refractivity contribution < 1.29 is 14.5 Å². The van der Waals surface area contributed by atoms with E-state index >= 15 is 0 Å². The molecule has 0 aliphatic heterocycles. The molecule has 0 aliphatic rings. The van der Waals surface area contributed by atoms with Crippen LogP contribution < -0.4 is 9.54 Å². The Kier molecular flexibility index (Phi) is 4.94. The summed E-state index contributed by atoms with van der Waals surface area (Å²) < 4.78 is 8.12. The molecule has 0 saturated carbocycles. The van der Waals surface area contributed by atoms with E-state index in [1.807, 2.05) is 25.2 Å². The van der Waals surface area contributed by atoms with Crippen LogP contribution in [0.3, 0.4) is 0 Å². The minimum absolute atomic E-state index is 0.0282. The quantitative estimate of drug-likeness (QED) is 0.401. The van der Waals surface area contributed by atoms with E-state index in [0.717, 1.165) is 10.2 Å². The van der Waals surface area contributed by atoms with E-state index in [1.54, 1.807) is 23.8 Å². The number of nitrogens with zero attached hydrogens (tertiary/aromatic N) is 3. The van der Waals surface area contributed by atoms with Crippen molar-refractivity contribution >= 4 is 39.2 Å². The first kappa shape index (κ1) is 17.6. The number of hydrogen-bond acceptors (Lipinski definition) is 5. The number of thiazole rings is 1. The van der Waals surface area contributed by atoms with Gasteiger partial charge >= 0.3 is 0 Å². The summed E-state index contributed by atoms with van der Waals surface area (Å²) in [5.74, 6) is 0.264. The average Bonchev–Trinajstić information content (AvgIpc) is 2.96. The number of methoxy groups -OCH3 is 1. The van der Waals surface area contributed by atoms with Crippen LogP contribution in [-0.2, 0) is 11.8 Å². The molecule has 0 atom stereocenters. The van der Waals surface area contributed by atoms with Crippen LogP contribution in [0.2, 0.25) is 0 Å². The summed E-state index contributed by atoms with van der Waals surface area (Å²) in [5.41, 5.74) is 1.40. The Bertz CT molecular complexity index is 1100. The molecular weight excluding hydrogens is 354 g/mol. The number of non-ortho nitro benzene ring substituents is 1. The van der Waals surface area contributed by atoms with Crippen LogP contribution >= 0.6 is 11.3 Å². The second-order valence-electron chi connectivity index (χ2n) is 5.39. The molecule has 0 radical (unpaired) electrons. The second-order valence-corrected chi connectivity index (χ2v) is 6.40. The molecule has 1 amide bonds. The average molecular weight is 369 g/mol. The summed E-state index contributed by atoms with van der Waals surface area (Å²) in [6.45, 7) is 0. The number of nitro groups is 1. The van der Waals surface area contributed by atoms with Gasteiger partial charge in [0.15, 0.2) is 4.80 Å². The maximum Gasteiger partial charge on any atom is 0.272 e.